The molecular weight excluding hydrogens is 136 g/mol. The van der Waals surface area contributed by atoms with Gasteiger partial charge in [-0.15, -0.1) is 0 Å². The van der Waals surface area contributed by atoms with E-state index in [-0.39, 0.29) is 0 Å². The van der Waals surface area contributed by atoms with Crippen LogP contribution >= 0.6 is 0 Å². The van der Waals surface area contributed by atoms with E-state index in [9.17, 15) is 0 Å². The van der Waals surface area contributed by atoms with Gasteiger partial charge in [0.05, 0.1) is 6.17 Å². The van der Waals surface area contributed by atoms with E-state index < -0.39 is 0 Å². The topological polar surface area (TPSA) is 29.0 Å². The van der Waals surface area contributed by atoms with Crippen LogP contribution in [0.3, 0.4) is 0 Å². The second-order valence-corrected chi connectivity index (χ2v) is 4.06. The summed E-state index contributed by atoms with van der Waals surface area (Å²) in [5, 5.41) is 0. The zero-order valence-electron chi connectivity index (χ0n) is 7.34. The van der Waals surface area contributed by atoms with E-state index in [1.165, 1.54) is 38.6 Å². The van der Waals surface area contributed by atoms with E-state index in [0.29, 0.717) is 11.7 Å². The standard InChI is InChI=1S/C9H18N2/c1-2-5-9-6-3-4-8(10)11(9)7-9/h8H,2-7,10H2,1H3. The zero-order valence-corrected chi connectivity index (χ0v) is 7.34. The third-order valence-electron chi connectivity index (χ3n) is 3.23. The van der Waals surface area contributed by atoms with E-state index in [4.69, 9.17) is 5.73 Å². The summed E-state index contributed by atoms with van der Waals surface area (Å²) in [5.74, 6) is 0. The molecule has 2 heterocycles. The molecule has 2 N–H and O–H groups in total. The Bertz CT molecular complexity index is 154. The average Bonchev–Trinajstić information content (AvgIpc) is 2.65. The van der Waals surface area contributed by atoms with Crippen molar-refractivity contribution in [3.63, 3.8) is 0 Å². The molecule has 0 aromatic carbocycles. The van der Waals surface area contributed by atoms with Crippen LogP contribution in [0.5, 0.6) is 0 Å². The lowest BCUT2D eigenvalue weighted by molar-refractivity contribution is 0.227. The third kappa shape index (κ3) is 1.09. The lowest BCUT2D eigenvalue weighted by atomic mass is 9.93. The molecule has 2 heteroatoms. The molecule has 3 atom stereocenters. The Labute approximate surface area is 68.7 Å². The molecule has 3 unspecified atom stereocenters. The second kappa shape index (κ2) is 2.46. The van der Waals surface area contributed by atoms with Crippen molar-refractivity contribution in [3.8, 4) is 0 Å². The Kier molecular flexibility index (Phi) is 1.69. The van der Waals surface area contributed by atoms with Crippen molar-refractivity contribution in [3.05, 3.63) is 0 Å². The van der Waals surface area contributed by atoms with Crippen molar-refractivity contribution in [1.29, 1.82) is 0 Å². The smallest absolute Gasteiger partial charge is 0.0578 e. The predicted molar refractivity (Wildman–Crippen MR) is 46.2 cm³/mol. The van der Waals surface area contributed by atoms with E-state index in [1.54, 1.807) is 0 Å². The molecule has 0 spiro atoms. The van der Waals surface area contributed by atoms with Crippen molar-refractivity contribution in [2.75, 3.05) is 6.54 Å². The predicted octanol–water partition coefficient (Wildman–Crippen LogP) is 1.31. The van der Waals surface area contributed by atoms with Crippen molar-refractivity contribution in [1.82, 2.24) is 4.90 Å². The van der Waals surface area contributed by atoms with Gasteiger partial charge in [-0.1, -0.05) is 13.3 Å². The zero-order chi connectivity index (χ0) is 7.90. The van der Waals surface area contributed by atoms with Crippen molar-refractivity contribution in [2.24, 2.45) is 5.73 Å². The summed E-state index contributed by atoms with van der Waals surface area (Å²) in [5.41, 5.74) is 6.54. The molecule has 2 nitrogen and oxygen atoms in total. The van der Waals surface area contributed by atoms with Crippen molar-refractivity contribution >= 4 is 0 Å². The van der Waals surface area contributed by atoms with Crippen LogP contribution < -0.4 is 5.73 Å². The lowest BCUT2D eigenvalue weighted by Gasteiger charge is -2.27. The molecule has 0 bridgehead atoms. The number of fused-ring (bicyclic) bond motifs is 1. The molecule has 2 aliphatic heterocycles. The molecule has 2 aliphatic rings. The molecule has 2 rings (SSSR count). The SMILES string of the molecule is CCCC12CCCC(N)N1C2. The highest BCUT2D eigenvalue weighted by Crippen LogP contribution is 2.46. The fourth-order valence-electron chi connectivity index (χ4n) is 2.58. The molecule has 2 saturated heterocycles. The largest absolute Gasteiger partial charge is 0.316 e. The van der Waals surface area contributed by atoms with Crippen LogP contribution in [0.4, 0.5) is 0 Å². The van der Waals surface area contributed by atoms with Crippen molar-refractivity contribution in [2.45, 2.75) is 50.7 Å². The number of hydrogen-bond acceptors (Lipinski definition) is 2. The summed E-state index contributed by atoms with van der Waals surface area (Å²) in [6, 6.07) is 0. The van der Waals surface area contributed by atoms with Crippen LogP contribution in [0, 0.1) is 0 Å². The first-order valence-electron chi connectivity index (χ1n) is 4.81. The first-order chi connectivity index (χ1) is 5.28. The van der Waals surface area contributed by atoms with Crippen LogP contribution in [-0.4, -0.2) is 23.1 Å². The van der Waals surface area contributed by atoms with Gasteiger partial charge < -0.3 is 5.73 Å². The molecule has 0 saturated carbocycles. The summed E-state index contributed by atoms with van der Waals surface area (Å²) in [6.07, 6.45) is 7.01. The number of piperidine rings is 1. The number of rotatable bonds is 2. The Morgan fingerprint density at radius 1 is 1.64 bits per heavy atom. The van der Waals surface area contributed by atoms with E-state index in [0.717, 1.165) is 0 Å². The van der Waals surface area contributed by atoms with Gasteiger partial charge in [0.15, 0.2) is 0 Å². The monoisotopic (exact) mass is 154 g/mol. The fraction of sp³-hybridized carbons (Fsp3) is 1.00. The molecule has 11 heavy (non-hydrogen) atoms. The summed E-state index contributed by atoms with van der Waals surface area (Å²) in [4.78, 5) is 2.49. The first-order valence-corrected chi connectivity index (χ1v) is 4.81. The van der Waals surface area contributed by atoms with Gasteiger partial charge in [0.1, 0.15) is 0 Å². The van der Waals surface area contributed by atoms with Crippen molar-refractivity contribution < 1.29 is 0 Å². The number of nitrogens with zero attached hydrogens (tertiary/aromatic N) is 1. The van der Waals surface area contributed by atoms with Crippen LogP contribution in [0.25, 0.3) is 0 Å². The Hall–Kier alpha value is -0.0800. The first kappa shape index (κ1) is 7.56. The summed E-state index contributed by atoms with van der Waals surface area (Å²) in [6.45, 7) is 3.55. The molecular formula is C9H18N2. The van der Waals surface area contributed by atoms with Gasteiger partial charge in [0.25, 0.3) is 0 Å². The van der Waals surface area contributed by atoms with E-state index in [2.05, 4.69) is 11.8 Å². The third-order valence-corrected chi connectivity index (χ3v) is 3.23. The van der Waals surface area contributed by atoms with Gasteiger partial charge in [0.2, 0.25) is 0 Å². The van der Waals surface area contributed by atoms with Crippen LogP contribution in [0.1, 0.15) is 39.0 Å². The molecule has 0 radical (unpaired) electrons. The summed E-state index contributed by atoms with van der Waals surface area (Å²) < 4.78 is 0. The van der Waals surface area contributed by atoms with E-state index >= 15 is 0 Å². The maximum atomic E-state index is 5.96. The molecule has 0 aromatic rings. The molecule has 2 fully saturated rings. The normalized spacial score (nSPS) is 48.5. The van der Waals surface area contributed by atoms with Crippen LogP contribution in [0.15, 0.2) is 0 Å². The molecule has 0 amide bonds. The Balaban J connectivity index is 1.97. The highest BCUT2D eigenvalue weighted by atomic mass is 15.4. The maximum absolute atomic E-state index is 5.96. The quantitative estimate of drug-likeness (QED) is 0.608. The maximum Gasteiger partial charge on any atom is 0.0578 e. The van der Waals surface area contributed by atoms with Gasteiger partial charge in [-0.05, 0) is 25.7 Å². The minimum Gasteiger partial charge on any atom is -0.316 e. The Morgan fingerprint density at radius 2 is 2.45 bits per heavy atom. The molecule has 0 aliphatic carbocycles. The van der Waals surface area contributed by atoms with Gasteiger partial charge in [-0.25, -0.2) is 0 Å². The van der Waals surface area contributed by atoms with Gasteiger partial charge in [-0.2, -0.15) is 0 Å². The summed E-state index contributed by atoms with van der Waals surface area (Å²) in [7, 11) is 0. The Morgan fingerprint density at radius 3 is 3.18 bits per heavy atom. The minimum absolute atomic E-state index is 0.385. The summed E-state index contributed by atoms with van der Waals surface area (Å²) >= 11 is 0. The molecule has 0 aromatic heterocycles. The number of hydrogen-bond donors (Lipinski definition) is 1. The second-order valence-electron chi connectivity index (χ2n) is 4.06. The minimum atomic E-state index is 0.385. The highest BCUT2D eigenvalue weighted by Gasteiger charge is 2.54. The van der Waals surface area contributed by atoms with Crippen LogP contribution in [-0.2, 0) is 0 Å². The van der Waals surface area contributed by atoms with E-state index in [1.807, 2.05) is 0 Å². The lowest BCUT2D eigenvalue weighted by Crippen LogP contribution is -2.38. The van der Waals surface area contributed by atoms with Gasteiger partial charge in [0, 0.05) is 12.1 Å². The highest BCUT2D eigenvalue weighted by molar-refractivity contribution is 5.10. The van der Waals surface area contributed by atoms with Gasteiger partial charge >= 0.3 is 0 Å². The van der Waals surface area contributed by atoms with Crippen LogP contribution in [0.2, 0.25) is 0 Å². The van der Waals surface area contributed by atoms with Gasteiger partial charge in [-0.3, -0.25) is 4.90 Å². The average molecular weight is 154 g/mol. The fourth-order valence-corrected chi connectivity index (χ4v) is 2.58. The molecule has 64 valence electrons. The number of nitrogens with two attached hydrogens (primary N) is 1.